The molecule has 0 spiro atoms. The van der Waals surface area contributed by atoms with Crippen LogP contribution in [0.15, 0.2) is 36.4 Å². The summed E-state index contributed by atoms with van der Waals surface area (Å²) in [7, 11) is 3.09. The fraction of sp³-hybridized carbons (Fsp3) is 0.250. The van der Waals surface area contributed by atoms with E-state index in [4.69, 9.17) is 19.9 Å². The first-order chi connectivity index (χ1) is 10.2. The average Bonchev–Trinajstić information content (AvgIpc) is 2.50. The van der Waals surface area contributed by atoms with E-state index >= 15 is 0 Å². The highest BCUT2D eigenvalue weighted by atomic mass is 19.1. The zero-order chi connectivity index (χ0) is 15.2. The molecule has 4 nitrogen and oxygen atoms in total. The Bertz CT molecular complexity index is 594. The smallest absolute Gasteiger partial charge is 0.166 e. The Balaban J connectivity index is 2.37. The lowest BCUT2D eigenvalue weighted by Crippen LogP contribution is -2.05. The van der Waals surface area contributed by atoms with Crippen molar-refractivity contribution < 1.29 is 18.6 Å². The molecule has 0 saturated carbocycles. The van der Waals surface area contributed by atoms with Crippen LogP contribution in [0.3, 0.4) is 0 Å². The molecule has 0 aliphatic heterocycles. The van der Waals surface area contributed by atoms with E-state index in [9.17, 15) is 4.39 Å². The number of benzene rings is 2. The highest BCUT2D eigenvalue weighted by molar-refractivity contribution is 5.45. The number of hydrogen-bond acceptors (Lipinski definition) is 4. The van der Waals surface area contributed by atoms with E-state index in [1.807, 2.05) is 0 Å². The van der Waals surface area contributed by atoms with Gasteiger partial charge in [0.25, 0.3) is 0 Å². The number of rotatable bonds is 6. The zero-order valence-electron chi connectivity index (χ0n) is 12.1. The van der Waals surface area contributed by atoms with Gasteiger partial charge in [-0.3, -0.25) is 0 Å². The third kappa shape index (κ3) is 3.64. The number of nitrogens with two attached hydrogens (primary N) is 1. The van der Waals surface area contributed by atoms with Crippen LogP contribution in [-0.2, 0) is 6.42 Å². The van der Waals surface area contributed by atoms with E-state index in [2.05, 4.69) is 0 Å². The van der Waals surface area contributed by atoms with Crippen molar-refractivity contribution in [3.05, 3.63) is 47.8 Å². The molecule has 0 unspecified atom stereocenters. The average molecular weight is 291 g/mol. The minimum absolute atomic E-state index is 0.179. The quantitative estimate of drug-likeness (QED) is 0.888. The predicted molar refractivity (Wildman–Crippen MR) is 78.8 cm³/mol. The normalized spacial score (nSPS) is 10.3. The van der Waals surface area contributed by atoms with E-state index in [0.717, 1.165) is 5.56 Å². The van der Waals surface area contributed by atoms with E-state index in [1.165, 1.54) is 6.07 Å². The van der Waals surface area contributed by atoms with Crippen LogP contribution in [0.4, 0.5) is 4.39 Å². The Labute approximate surface area is 123 Å². The summed E-state index contributed by atoms with van der Waals surface area (Å²) in [6.45, 7) is 0.418. The van der Waals surface area contributed by atoms with Gasteiger partial charge in [-0.15, -0.1) is 0 Å². The van der Waals surface area contributed by atoms with E-state index in [1.54, 1.807) is 44.6 Å². The van der Waals surface area contributed by atoms with Crippen molar-refractivity contribution >= 4 is 0 Å². The Kier molecular flexibility index (Phi) is 5.00. The van der Waals surface area contributed by atoms with Crippen molar-refractivity contribution in [3.63, 3.8) is 0 Å². The van der Waals surface area contributed by atoms with E-state index in [-0.39, 0.29) is 5.75 Å². The molecule has 2 aromatic carbocycles. The summed E-state index contributed by atoms with van der Waals surface area (Å²) >= 11 is 0. The Morgan fingerprint density at radius 3 is 2.19 bits per heavy atom. The second-order valence-corrected chi connectivity index (χ2v) is 4.42. The fourth-order valence-corrected chi connectivity index (χ4v) is 1.98. The molecule has 0 bridgehead atoms. The molecule has 112 valence electrons. The molecule has 0 atom stereocenters. The summed E-state index contributed by atoms with van der Waals surface area (Å²) in [4.78, 5) is 0. The first kappa shape index (κ1) is 15.1. The maximum Gasteiger partial charge on any atom is 0.166 e. The molecule has 0 saturated heterocycles. The maximum atomic E-state index is 14.0. The molecule has 0 amide bonds. The van der Waals surface area contributed by atoms with Crippen LogP contribution in [0.2, 0.25) is 0 Å². The van der Waals surface area contributed by atoms with Crippen molar-refractivity contribution in [2.45, 2.75) is 6.42 Å². The Hall–Kier alpha value is -2.27. The molecule has 0 aromatic heterocycles. The van der Waals surface area contributed by atoms with Gasteiger partial charge in [0.1, 0.15) is 17.2 Å². The number of hydrogen-bond donors (Lipinski definition) is 1. The second kappa shape index (κ2) is 6.95. The number of methoxy groups -OCH3 is 2. The standard InChI is InChI=1S/C16H18FNO3/c1-19-12-8-13(20-2)10-14(9-12)21-16-11(6-7-18)4-3-5-15(16)17/h3-5,8-10H,6-7,18H2,1-2H3. The molecular formula is C16H18FNO3. The molecule has 0 aliphatic rings. The summed E-state index contributed by atoms with van der Waals surface area (Å²) in [5, 5.41) is 0. The molecule has 2 rings (SSSR count). The summed E-state index contributed by atoms with van der Waals surface area (Å²) in [6, 6.07) is 9.84. The predicted octanol–water partition coefficient (Wildman–Crippen LogP) is 3.14. The summed E-state index contributed by atoms with van der Waals surface area (Å²) in [5.41, 5.74) is 6.27. The lowest BCUT2D eigenvalue weighted by molar-refractivity contribution is 0.382. The van der Waals surface area contributed by atoms with Crippen molar-refractivity contribution in [2.24, 2.45) is 5.73 Å². The van der Waals surface area contributed by atoms with Crippen LogP contribution < -0.4 is 19.9 Å². The van der Waals surface area contributed by atoms with Crippen LogP contribution in [-0.4, -0.2) is 20.8 Å². The van der Waals surface area contributed by atoms with Crippen LogP contribution in [0.25, 0.3) is 0 Å². The van der Waals surface area contributed by atoms with Gasteiger partial charge in [0.15, 0.2) is 11.6 Å². The van der Waals surface area contributed by atoms with Crippen molar-refractivity contribution in [1.82, 2.24) is 0 Å². The van der Waals surface area contributed by atoms with Crippen molar-refractivity contribution in [1.29, 1.82) is 0 Å². The molecule has 5 heteroatoms. The second-order valence-electron chi connectivity index (χ2n) is 4.42. The van der Waals surface area contributed by atoms with Crippen LogP contribution >= 0.6 is 0 Å². The lowest BCUT2D eigenvalue weighted by atomic mass is 10.1. The summed E-state index contributed by atoms with van der Waals surface area (Å²) < 4.78 is 30.0. The molecule has 21 heavy (non-hydrogen) atoms. The number of ether oxygens (including phenoxy) is 3. The first-order valence-electron chi connectivity index (χ1n) is 6.56. The van der Waals surface area contributed by atoms with Crippen LogP contribution in [0.1, 0.15) is 5.56 Å². The monoisotopic (exact) mass is 291 g/mol. The van der Waals surface area contributed by atoms with Gasteiger partial charge in [0, 0.05) is 18.2 Å². The minimum Gasteiger partial charge on any atom is -0.496 e. The highest BCUT2D eigenvalue weighted by Crippen LogP contribution is 2.33. The number of halogens is 1. The molecule has 2 N–H and O–H groups in total. The largest absolute Gasteiger partial charge is 0.496 e. The Morgan fingerprint density at radius 2 is 1.62 bits per heavy atom. The molecule has 0 heterocycles. The molecular weight excluding hydrogens is 273 g/mol. The van der Waals surface area contributed by atoms with Gasteiger partial charge in [0.05, 0.1) is 14.2 Å². The lowest BCUT2D eigenvalue weighted by Gasteiger charge is -2.13. The van der Waals surface area contributed by atoms with Crippen molar-refractivity contribution in [2.75, 3.05) is 20.8 Å². The Morgan fingerprint density at radius 1 is 1.00 bits per heavy atom. The van der Waals surface area contributed by atoms with Gasteiger partial charge in [-0.05, 0) is 24.6 Å². The van der Waals surface area contributed by atoms with Gasteiger partial charge in [0.2, 0.25) is 0 Å². The minimum atomic E-state index is -0.428. The van der Waals surface area contributed by atoms with Crippen LogP contribution in [0.5, 0.6) is 23.0 Å². The molecule has 0 radical (unpaired) electrons. The number of para-hydroxylation sites is 1. The first-order valence-corrected chi connectivity index (χ1v) is 6.56. The van der Waals surface area contributed by atoms with Gasteiger partial charge in [-0.1, -0.05) is 12.1 Å². The van der Waals surface area contributed by atoms with Gasteiger partial charge in [-0.2, -0.15) is 0 Å². The topological polar surface area (TPSA) is 53.7 Å². The molecule has 0 fully saturated rings. The zero-order valence-corrected chi connectivity index (χ0v) is 12.1. The van der Waals surface area contributed by atoms with Gasteiger partial charge in [-0.25, -0.2) is 4.39 Å². The highest BCUT2D eigenvalue weighted by Gasteiger charge is 2.12. The van der Waals surface area contributed by atoms with Crippen molar-refractivity contribution in [3.8, 4) is 23.0 Å². The third-order valence-corrected chi connectivity index (χ3v) is 3.01. The van der Waals surface area contributed by atoms with E-state index in [0.29, 0.717) is 30.2 Å². The molecule has 2 aromatic rings. The summed E-state index contributed by atoms with van der Waals surface area (Å²) in [5.74, 6) is 1.33. The summed E-state index contributed by atoms with van der Waals surface area (Å²) in [6.07, 6.45) is 0.536. The molecule has 0 aliphatic carbocycles. The maximum absolute atomic E-state index is 14.0. The van der Waals surface area contributed by atoms with Crippen LogP contribution in [0, 0.1) is 5.82 Å². The third-order valence-electron chi connectivity index (χ3n) is 3.01. The van der Waals surface area contributed by atoms with Gasteiger partial charge >= 0.3 is 0 Å². The van der Waals surface area contributed by atoms with E-state index < -0.39 is 5.82 Å². The SMILES string of the molecule is COc1cc(OC)cc(Oc2c(F)cccc2CCN)c1. The fourth-order valence-electron chi connectivity index (χ4n) is 1.98. The van der Waals surface area contributed by atoms with Gasteiger partial charge < -0.3 is 19.9 Å².